The highest BCUT2D eigenvalue weighted by molar-refractivity contribution is 6.81. The van der Waals surface area contributed by atoms with Gasteiger partial charge in [0.2, 0.25) is 0 Å². The SMILES string of the molecule is C[Si]1(C)CCCN1c1cnc2ncncc2n1. The van der Waals surface area contributed by atoms with Crippen molar-refractivity contribution < 1.29 is 0 Å². The van der Waals surface area contributed by atoms with Crippen LogP contribution in [0.1, 0.15) is 6.42 Å². The zero-order valence-electron chi connectivity index (χ0n) is 10.1. The van der Waals surface area contributed by atoms with E-state index < -0.39 is 8.24 Å². The van der Waals surface area contributed by atoms with Crippen LogP contribution in [0, 0.1) is 0 Å². The molecule has 2 aromatic heterocycles. The van der Waals surface area contributed by atoms with E-state index in [-0.39, 0.29) is 0 Å². The van der Waals surface area contributed by atoms with Gasteiger partial charge in [0.05, 0.1) is 12.4 Å². The second-order valence-corrected chi connectivity index (χ2v) is 9.69. The maximum absolute atomic E-state index is 4.63. The Morgan fingerprint density at radius 1 is 1.24 bits per heavy atom. The molecule has 0 bridgehead atoms. The molecule has 0 aliphatic carbocycles. The third-order valence-electron chi connectivity index (χ3n) is 3.39. The molecule has 1 aliphatic rings. The molecule has 17 heavy (non-hydrogen) atoms. The van der Waals surface area contributed by atoms with Crippen molar-refractivity contribution in [1.82, 2.24) is 19.9 Å². The summed E-state index contributed by atoms with van der Waals surface area (Å²) in [6.45, 7) is 5.87. The van der Waals surface area contributed by atoms with E-state index in [1.165, 1.54) is 18.8 Å². The van der Waals surface area contributed by atoms with Crippen molar-refractivity contribution >= 4 is 25.2 Å². The summed E-state index contributed by atoms with van der Waals surface area (Å²) in [5.74, 6) is 0.987. The fraction of sp³-hybridized carbons (Fsp3) is 0.455. The fourth-order valence-electron chi connectivity index (χ4n) is 2.43. The Morgan fingerprint density at radius 3 is 2.88 bits per heavy atom. The summed E-state index contributed by atoms with van der Waals surface area (Å²) in [6, 6.07) is 1.33. The summed E-state index contributed by atoms with van der Waals surface area (Å²) >= 11 is 0. The molecule has 3 heterocycles. The Balaban J connectivity index is 2.06. The smallest absolute Gasteiger partial charge is 0.181 e. The van der Waals surface area contributed by atoms with E-state index in [0.29, 0.717) is 5.65 Å². The van der Waals surface area contributed by atoms with Crippen LogP contribution in [-0.2, 0) is 0 Å². The molecule has 0 spiro atoms. The first-order chi connectivity index (χ1) is 8.17. The van der Waals surface area contributed by atoms with Gasteiger partial charge < -0.3 is 4.57 Å². The third-order valence-corrected chi connectivity index (χ3v) is 6.88. The second kappa shape index (κ2) is 3.73. The lowest BCUT2D eigenvalue weighted by Crippen LogP contribution is -2.43. The largest absolute Gasteiger partial charge is 0.382 e. The molecular formula is C11H15N5Si. The molecule has 0 atom stereocenters. The maximum atomic E-state index is 4.63. The standard InChI is InChI=1S/C11H15N5Si/c1-17(2)5-3-4-16(17)10-7-13-11-9(15-10)6-12-8-14-11/h6-8H,3-5H2,1-2H3. The number of fused-ring (bicyclic) bond motifs is 1. The molecule has 0 saturated carbocycles. The molecule has 0 N–H and O–H groups in total. The van der Waals surface area contributed by atoms with Gasteiger partial charge in [0.25, 0.3) is 0 Å². The molecule has 88 valence electrons. The van der Waals surface area contributed by atoms with Gasteiger partial charge in [-0.1, -0.05) is 13.1 Å². The zero-order valence-corrected chi connectivity index (χ0v) is 11.1. The lowest BCUT2D eigenvalue weighted by atomic mass is 10.4. The highest BCUT2D eigenvalue weighted by Gasteiger charge is 2.35. The van der Waals surface area contributed by atoms with Crippen LogP contribution in [0.3, 0.4) is 0 Å². The van der Waals surface area contributed by atoms with Gasteiger partial charge >= 0.3 is 0 Å². The van der Waals surface area contributed by atoms with Crippen molar-refractivity contribution in [2.45, 2.75) is 25.6 Å². The monoisotopic (exact) mass is 245 g/mol. The molecule has 1 saturated heterocycles. The number of hydrogen-bond donors (Lipinski definition) is 0. The lowest BCUT2D eigenvalue weighted by molar-refractivity contribution is 0.963. The van der Waals surface area contributed by atoms with Crippen molar-refractivity contribution in [1.29, 1.82) is 0 Å². The molecule has 0 aromatic carbocycles. The minimum Gasteiger partial charge on any atom is -0.382 e. The summed E-state index contributed by atoms with van der Waals surface area (Å²) in [6.07, 6.45) is 6.34. The predicted molar refractivity (Wildman–Crippen MR) is 69.4 cm³/mol. The molecule has 0 amide bonds. The Kier molecular flexibility index (Phi) is 2.32. The molecule has 2 aromatic rings. The van der Waals surface area contributed by atoms with Gasteiger partial charge in [0, 0.05) is 6.54 Å². The van der Waals surface area contributed by atoms with Crippen molar-refractivity contribution in [3.63, 3.8) is 0 Å². The molecular weight excluding hydrogens is 230 g/mol. The van der Waals surface area contributed by atoms with Crippen molar-refractivity contribution in [3.8, 4) is 0 Å². The van der Waals surface area contributed by atoms with E-state index in [2.05, 4.69) is 37.6 Å². The first kappa shape index (κ1) is 10.6. The highest BCUT2D eigenvalue weighted by Crippen LogP contribution is 2.30. The number of aromatic nitrogens is 4. The van der Waals surface area contributed by atoms with E-state index in [9.17, 15) is 0 Å². The quantitative estimate of drug-likeness (QED) is 0.717. The van der Waals surface area contributed by atoms with E-state index >= 15 is 0 Å². The van der Waals surface area contributed by atoms with Crippen LogP contribution < -0.4 is 4.57 Å². The van der Waals surface area contributed by atoms with E-state index in [1.54, 1.807) is 6.20 Å². The number of anilines is 1. The molecule has 6 heteroatoms. The summed E-state index contributed by atoms with van der Waals surface area (Å²) in [5.41, 5.74) is 1.45. The average Bonchev–Trinajstić information content (AvgIpc) is 2.68. The normalized spacial score (nSPS) is 18.8. The second-order valence-electron chi connectivity index (χ2n) is 5.03. The van der Waals surface area contributed by atoms with Crippen LogP contribution in [0.5, 0.6) is 0 Å². The topological polar surface area (TPSA) is 54.8 Å². The van der Waals surface area contributed by atoms with Gasteiger partial charge in [-0.25, -0.2) is 19.9 Å². The van der Waals surface area contributed by atoms with Crippen molar-refractivity contribution in [2.24, 2.45) is 0 Å². The Labute approximate surface area is 101 Å². The van der Waals surface area contributed by atoms with Gasteiger partial charge in [-0.05, 0) is 12.5 Å². The van der Waals surface area contributed by atoms with Gasteiger partial charge in [-0.2, -0.15) is 0 Å². The van der Waals surface area contributed by atoms with Crippen molar-refractivity contribution in [2.75, 3.05) is 11.1 Å². The van der Waals surface area contributed by atoms with E-state index in [0.717, 1.165) is 17.9 Å². The van der Waals surface area contributed by atoms with Gasteiger partial charge in [-0.3, -0.25) is 0 Å². The van der Waals surface area contributed by atoms with Crippen LogP contribution in [0.15, 0.2) is 18.7 Å². The molecule has 5 nitrogen and oxygen atoms in total. The number of nitrogens with zero attached hydrogens (tertiary/aromatic N) is 5. The first-order valence-corrected chi connectivity index (χ1v) is 9.03. The van der Waals surface area contributed by atoms with Crippen LogP contribution in [-0.4, -0.2) is 34.7 Å². The molecule has 0 radical (unpaired) electrons. The van der Waals surface area contributed by atoms with Gasteiger partial charge in [0.15, 0.2) is 13.9 Å². The van der Waals surface area contributed by atoms with Crippen molar-refractivity contribution in [3.05, 3.63) is 18.7 Å². The molecule has 1 aliphatic heterocycles. The van der Waals surface area contributed by atoms with Crippen LogP contribution in [0.2, 0.25) is 19.1 Å². The van der Waals surface area contributed by atoms with E-state index in [4.69, 9.17) is 0 Å². The van der Waals surface area contributed by atoms with Crippen LogP contribution in [0.4, 0.5) is 5.82 Å². The Hall–Kier alpha value is -1.56. The summed E-state index contributed by atoms with van der Waals surface area (Å²) in [7, 11) is -1.31. The molecule has 3 rings (SSSR count). The minimum absolute atomic E-state index is 0.669. The zero-order chi connectivity index (χ0) is 11.9. The first-order valence-electron chi connectivity index (χ1n) is 5.87. The molecule has 1 fully saturated rings. The summed E-state index contributed by atoms with van der Waals surface area (Å²) in [4.78, 5) is 17.1. The van der Waals surface area contributed by atoms with E-state index in [1.807, 2.05) is 6.20 Å². The third kappa shape index (κ3) is 1.78. The minimum atomic E-state index is -1.31. The predicted octanol–water partition coefficient (Wildman–Crippen LogP) is 1.83. The average molecular weight is 245 g/mol. The Bertz CT molecular complexity index is 556. The summed E-state index contributed by atoms with van der Waals surface area (Å²) in [5, 5.41) is 0. The van der Waals surface area contributed by atoms with Crippen LogP contribution in [0.25, 0.3) is 11.2 Å². The molecule has 0 unspecified atom stereocenters. The lowest BCUT2D eigenvalue weighted by Gasteiger charge is -2.30. The maximum Gasteiger partial charge on any atom is 0.181 e. The fourth-order valence-corrected chi connectivity index (χ4v) is 5.21. The Morgan fingerprint density at radius 2 is 2.12 bits per heavy atom. The highest BCUT2D eigenvalue weighted by atomic mass is 28.3. The van der Waals surface area contributed by atoms with Crippen LogP contribution >= 0.6 is 0 Å². The number of rotatable bonds is 1. The number of hydrogen-bond acceptors (Lipinski definition) is 5. The summed E-state index contributed by atoms with van der Waals surface area (Å²) < 4.78 is 2.45. The van der Waals surface area contributed by atoms with Gasteiger partial charge in [-0.15, -0.1) is 0 Å². The van der Waals surface area contributed by atoms with Gasteiger partial charge in [0.1, 0.15) is 17.7 Å².